The number of hydrogen-bond donors (Lipinski definition) is 1. The van der Waals surface area contributed by atoms with Crippen molar-refractivity contribution in [3.8, 4) is 0 Å². The van der Waals surface area contributed by atoms with Crippen LogP contribution >= 0.6 is 11.6 Å². The Morgan fingerprint density at radius 3 is 2.50 bits per heavy atom. The van der Waals surface area contributed by atoms with Crippen LogP contribution in [0.15, 0.2) is 35.5 Å². The number of aliphatic carboxylic acids is 1. The Morgan fingerprint density at radius 2 is 1.95 bits per heavy atom. The number of allylic oxidation sites excluding steroid dienone is 1. The maximum Gasteiger partial charge on any atom is 0.333 e. The molecule has 3 rings (SSSR count). The molecule has 1 unspecified atom stereocenters. The van der Waals surface area contributed by atoms with Gasteiger partial charge in [-0.25, -0.2) is 4.79 Å². The summed E-state index contributed by atoms with van der Waals surface area (Å²) in [7, 11) is 0. The number of halogens is 1. The van der Waals surface area contributed by atoms with Gasteiger partial charge in [-0.05, 0) is 43.4 Å². The second-order valence-corrected chi connectivity index (χ2v) is 6.50. The number of carbonyl (C=O) groups is 2. The minimum atomic E-state index is -0.953. The molecule has 1 aromatic carbocycles. The van der Waals surface area contributed by atoms with E-state index in [0.717, 1.165) is 18.4 Å². The third kappa shape index (κ3) is 2.88. The fourth-order valence-corrected chi connectivity index (χ4v) is 3.18. The molecule has 22 heavy (non-hydrogen) atoms. The van der Waals surface area contributed by atoms with Gasteiger partial charge in [0.25, 0.3) is 0 Å². The third-order valence-corrected chi connectivity index (χ3v) is 4.72. The number of amides is 1. The van der Waals surface area contributed by atoms with Gasteiger partial charge in [0.05, 0.1) is 5.57 Å². The average molecular weight is 320 g/mol. The summed E-state index contributed by atoms with van der Waals surface area (Å²) in [5.41, 5.74) is 1.72. The predicted octanol–water partition coefficient (Wildman–Crippen LogP) is 3.42. The zero-order valence-corrected chi connectivity index (χ0v) is 13.1. The van der Waals surface area contributed by atoms with E-state index in [9.17, 15) is 14.7 Å². The SMILES string of the molecule is CC1=C(C(=O)O)C(c2ccc(Cl)cc2)CC(=O)N1CC1CC1. The number of rotatable bonds is 4. The molecule has 1 amide bonds. The first-order valence-electron chi connectivity index (χ1n) is 7.47. The summed E-state index contributed by atoms with van der Waals surface area (Å²) in [6, 6.07) is 7.06. The molecule has 1 aromatic rings. The van der Waals surface area contributed by atoms with Gasteiger partial charge in [-0.15, -0.1) is 0 Å². The van der Waals surface area contributed by atoms with E-state index in [4.69, 9.17) is 11.6 Å². The highest BCUT2D eigenvalue weighted by molar-refractivity contribution is 6.30. The maximum absolute atomic E-state index is 12.5. The van der Waals surface area contributed by atoms with Crippen molar-refractivity contribution < 1.29 is 14.7 Å². The van der Waals surface area contributed by atoms with Crippen LogP contribution in [-0.4, -0.2) is 28.4 Å². The van der Waals surface area contributed by atoms with E-state index in [0.29, 0.717) is 28.8 Å². The van der Waals surface area contributed by atoms with E-state index in [2.05, 4.69) is 0 Å². The van der Waals surface area contributed by atoms with Crippen LogP contribution in [0.3, 0.4) is 0 Å². The summed E-state index contributed by atoms with van der Waals surface area (Å²) in [6.45, 7) is 2.39. The van der Waals surface area contributed by atoms with Gasteiger partial charge < -0.3 is 10.0 Å². The molecule has 0 bridgehead atoms. The van der Waals surface area contributed by atoms with Crippen LogP contribution in [0, 0.1) is 5.92 Å². The van der Waals surface area contributed by atoms with Crippen LogP contribution in [-0.2, 0) is 9.59 Å². The van der Waals surface area contributed by atoms with Gasteiger partial charge in [0.2, 0.25) is 5.91 Å². The van der Waals surface area contributed by atoms with Crippen molar-refractivity contribution in [2.24, 2.45) is 5.92 Å². The Kier molecular flexibility index (Phi) is 3.96. The molecule has 0 aromatic heterocycles. The lowest BCUT2D eigenvalue weighted by Gasteiger charge is -2.34. The van der Waals surface area contributed by atoms with Crippen molar-refractivity contribution in [3.63, 3.8) is 0 Å². The largest absolute Gasteiger partial charge is 0.478 e. The molecule has 1 fully saturated rings. The lowest BCUT2D eigenvalue weighted by atomic mass is 9.83. The highest BCUT2D eigenvalue weighted by Gasteiger charge is 2.38. The lowest BCUT2D eigenvalue weighted by Crippen LogP contribution is -2.39. The van der Waals surface area contributed by atoms with E-state index in [-0.39, 0.29) is 12.3 Å². The van der Waals surface area contributed by atoms with Gasteiger partial charge in [-0.3, -0.25) is 4.79 Å². The van der Waals surface area contributed by atoms with E-state index in [1.807, 2.05) is 0 Å². The van der Waals surface area contributed by atoms with Gasteiger partial charge in [0.15, 0.2) is 0 Å². The van der Waals surface area contributed by atoms with Crippen LogP contribution in [0.4, 0.5) is 0 Å². The van der Waals surface area contributed by atoms with Crippen molar-refractivity contribution in [1.82, 2.24) is 4.90 Å². The monoisotopic (exact) mass is 319 g/mol. The van der Waals surface area contributed by atoms with Crippen molar-refractivity contribution in [2.75, 3.05) is 6.54 Å². The molecule has 0 saturated heterocycles. The van der Waals surface area contributed by atoms with E-state index >= 15 is 0 Å². The Hall–Kier alpha value is -1.81. The Bertz CT molecular complexity index is 646. The van der Waals surface area contributed by atoms with Crippen LogP contribution in [0.25, 0.3) is 0 Å². The first kappa shape index (κ1) is 15.1. The predicted molar refractivity (Wildman–Crippen MR) is 83.6 cm³/mol. The van der Waals surface area contributed by atoms with Crippen LogP contribution in [0.2, 0.25) is 5.02 Å². The highest BCUT2D eigenvalue weighted by atomic mass is 35.5. The smallest absolute Gasteiger partial charge is 0.333 e. The molecule has 0 spiro atoms. The summed E-state index contributed by atoms with van der Waals surface area (Å²) < 4.78 is 0. The molecule has 1 saturated carbocycles. The third-order valence-electron chi connectivity index (χ3n) is 4.46. The standard InChI is InChI=1S/C17H18ClNO3/c1-10-16(17(21)22)14(12-4-6-13(18)7-5-12)8-15(20)19(10)9-11-2-3-11/h4-7,11,14H,2-3,8-9H2,1H3,(H,21,22). The number of carbonyl (C=O) groups excluding carboxylic acids is 1. The molecule has 2 aliphatic rings. The summed E-state index contributed by atoms with van der Waals surface area (Å²) >= 11 is 5.89. The molecule has 4 nitrogen and oxygen atoms in total. The molecular weight excluding hydrogens is 302 g/mol. The first-order chi connectivity index (χ1) is 10.5. The Morgan fingerprint density at radius 1 is 1.32 bits per heavy atom. The Balaban J connectivity index is 1.99. The average Bonchev–Trinajstić information content (AvgIpc) is 3.27. The number of carboxylic acid groups (broad SMARTS) is 1. The van der Waals surface area contributed by atoms with E-state index in [1.54, 1.807) is 36.1 Å². The Labute approximate surface area is 134 Å². The first-order valence-corrected chi connectivity index (χ1v) is 7.85. The molecule has 1 aliphatic carbocycles. The van der Waals surface area contributed by atoms with Crippen LogP contribution in [0.5, 0.6) is 0 Å². The molecule has 1 atom stereocenters. The molecule has 1 aliphatic heterocycles. The van der Waals surface area contributed by atoms with Crippen LogP contribution in [0.1, 0.15) is 37.7 Å². The number of hydrogen-bond acceptors (Lipinski definition) is 2. The number of benzene rings is 1. The van der Waals surface area contributed by atoms with Gasteiger partial charge in [0, 0.05) is 29.6 Å². The minimum Gasteiger partial charge on any atom is -0.478 e. The van der Waals surface area contributed by atoms with Gasteiger partial charge >= 0.3 is 5.97 Å². The fraction of sp³-hybridized carbons (Fsp3) is 0.412. The maximum atomic E-state index is 12.5. The summed E-state index contributed by atoms with van der Waals surface area (Å²) in [5, 5.41) is 10.2. The molecule has 0 radical (unpaired) electrons. The normalized spacial score (nSPS) is 22.2. The summed E-state index contributed by atoms with van der Waals surface area (Å²) in [5.74, 6) is -0.821. The zero-order chi connectivity index (χ0) is 15.9. The minimum absolute atomic E-state index is 0.00866. The summed E-state index contributed by atoms with van der Waals surface area (Å²) in [6.07, 6.45) is 2.45. The van der Waals surface area contributed by atoms with E-state index in [1.165, 1.54) is 0 Å². The quantitative estimate of drug-likeness (QED) is 0.925. The molecule has 116 valence electrons. The number of carboxylic acids is 1. The highest BCUT2D eigenvalue weighted by Crippen LogP contribution is 2.39. The molecular formula is C17H18ClNO3. The van der Waals surface area contributed by atoms with E-state index < -0.39 is 11.9 Å². The summed E-state index contributed by atoms with van der Waals surface area (Å²) in [4.78, 5) is 25.9. The van der Waals surface area contributed by atoms with Crippen molar-refractivity contribution in [3.05, 3.63) is 46.1 Å². The molecule has 1 heterocycles. The second kappa shape index (κ2) is 5.76. The van der Waals surface area contributed by atoms with Crippen LogP contribution < -0.4 is 0 Å². The van der Waals surface area contributed by atoms with Crippen molar-refractivity contribution in [1.29, 1.82) is 0 Å². The molecule has 1 N–H and O–H groups in total. The topological polar surface area (TPSA) is 57.6 Å². The molecule has 5 heteroatoms. The number of nitrogens with zero attached hydrogens (tertiary/aromatic N) is 1. The van der Waals surface area contributed by atoms with Gasteiger partial charge in [0.1, 0.15) is 0 Å². The van der Waals surface area contributed by atoms with Crippen molar-refractivity contribution in [2.45, 2.75) is 32.1 Å². The lowest BCUT2D eigenvalue weighted by molar-refractivity contribution is -0.135. The van der Waals surface area contributed by atoms with Gasteiger partial charge in [-0.1, -0.05) is 23.7 Å². The second-order valence-electron chi connectivity index (χ2n) is 6.06. The van der Waals surface area contributed by atoms with Gasteiger partial charge in [-0.2, -0.15) is 0 Å². The fourth-order valence-electron chi connectivity index (χ4n) is 3.05. The van der Waals surface area contributed by atoms with Crippen molar-refractivity contribution >= 4 is 23.5 Å². The zero-order valence-electron chi connectivity index (χ0n) is 12.4.